The van der Waals surface area contributed by atoms with Gasteiger partial charge in [0, 0.05) is 22.3 Å². The Morgan fingerprint density at radius 3 is 2.93 bits per heavy atom. The number of aryl methyl sites for hydroxylation is 1. The van der Waals surface area contributed by atoms with E-state index in [1.54, 1.807) is 4.68 Å². The molecule has 0 radical (unpaired) electrons. The van der Waals surface area contributed by atoms with Crippen molar-refractivity contribution in [3.8, 4) is 0 Å². The van der Waals surface area contributed by atoms with Crippen molar-refractivity contribution in [2.24, 2.45) is 5.73 Å². The maximum atomic E-state index is 11.2. The summed E-state index contributed by atoms with van der Waals surface area (Å²) < 4.78 is 12.8. The van der Waals surface area contributed by atoms with E-state index in [1.165, 1.54) is 0 Å². The van der Waals surface area contributed by atoms with Crippen LogP contribution in [0.25, 0.3) is 0 Å². The molecular formula is C7H15N5OS. The van der Waals surface area contributed by atoms with Gasteiger partial charge in [0.2, 0.25) is 0 Å². The predicted octanol–water partition coefficient (Wildman–Crippen LogP) is -0.539. The molecule has 0 saturated carbocycles. The summed E-state index contributed by atoms with van der Waals surface area (Å²) in [4.78, 5) is 0. The lowest BCUT2D eigenvalue weighted by atomic mass is 10.3. The molecule has 1 aromatic rings. The number of tetrazole rings is 1. The van der Waals surface area contributed by atoms with Gasteiger partial charge in [0.05, 0.1) is 12.6 Å². The van der Waals surface area contributed by atoms with Crippen LogP contribution in [0.2, 0.25) is 0 Å². The summed E-state index contributed by atoms with van der Waals surface area (Å²) in [6, 6.07) is -0.194. The van der Waals surface area contributed by atoms with Crippen LogP contribution in [-0.2, 0) is 17.3 Å². The standard InChI is InChI=1S/C7H15N5OS/c1-3-14(13)5-4-12-7(6(2)8)9-10-11-12/h6H,3-5,8H2,1-2H3. The van der Waals surface area contributed by atoms with Crippen LogP contribution in [-0.4, -0.2) is 35.9 Å². The Balaban J connectivity index is 2.58. The van der Waals surface area contributed by atoms with Crippen LogP contribution in [0.3, 0.4) is 0 Å². The van der Waals surface area contributed by atoms with Crippen molar-refractivity contribution in [3.63, 3.8) is 0 Å². The summed E-state index contributed by atoms with van der Waals surface area (Å²) in [5.74, 6) is 1.87. The van der Waals surface area contributed by atoms with E-state index in [4.69, 9.17) is 5.73 Å². The smallest absolute Gasteiger partial charge is 0.167 e. The summed E-state index contributed by atoms with van der Waals surface area (Å²) in [6.45, 7) is 4.27. The van der Waals surface area contributed by atoms with E-state index in [-0.39, 0.29) is 6.04 Å². The summed E-state index contributed by atoms with van der Waals surface area (Å²) in [5.41, 5.74) is 5.66. The number of nitrogens with two attached hydrogens (primary N) is 1. The molecule has 1 aromatic heterocycles. The van der Waals surface area contributed by atoms with Crippen LogP contribution in [0.1, 0.15) is 25.7 Å². The fourth-order valence-electron chi connectivity index (χ4n) is 1.03. The number of rotatable bonds is 5. The van der Waals surface area contributed by atoms with E-state index < -0.39 is 10.8 Å². The highest BCUT2D eigenvalue weighted by atomic mass is 32.2. The van der Waals surface area contributed by atoms with Crippen LogP contribution in [0.4, 0.5) is 0 Å². The molecule has 14 heavy (non-hydrogen) atoms. The highest BCUT2D eigenvalue weighted by Crippen LogP contribution is 2.02. The second-order valence-corrected chi connectivity index (χ2v) is 4.85. The minimum absolute atomic E-state index is 0.194. The Morgan fingerprint density at radius 2 is 2.36 bits per heavy atom. The van der Waals surface area contributed by atoms with Gasteiger partial charge in [0.15, 0.2) is 5.82 Å². The molecule has 0 amide bonds. The normalized spacial score (nSPS) is 15.4. The molecule has 80 valence electrons. The van der Waals surface area contributed by atoms with Gasteiger partial charge >= 0.3 is 0 Å². The molecule has 0 aliphatic heterocycles. The zero-order valence-electron chi connectivity index (χ0n) is 8.38. The monoisotopic (exact) mass is 217 g/mol. The second-order valence-electron chi connectivity index (χ2n) is 2.98. The van der Waals surface area contributed by atoms with Gasteiger partial charge in [-0.1, -0.05) is 6.92 Å². The molecule has 1 rings (SSSR count). The minimum Gasteiger partial charge on any atom is -0.322 e. The molecule has 2 N–H and O–H groups in total. The third-order valence-corrected chi connectivity index (χ3v) is 3.10. The summed E-state index contributed by atoms with van der Waals surface area (Å²) >= 11 is 0. The predicted molar refractivity (Wildman–Crippen MR) is 54.0 cm³/mol. The molecule has 2 atom stereocenters. The van der Waals surface area contributed by atoms with E-state index >= 15 is 0 Å². The van der Waals surface area contributed by atoms with Gasteiger partial charge in [-0.05, 0) is 17.4 Å². The highest BCUT2D eigenvalue weighted by molar-refractivity contribution is 7.84. The summed E-state index contributed by atoms with van der Waals surface area (Å²) in [7, 11) is -0.790. The van der Waals surface area contributed by atoms with Crippen molar-refractivity contribution in [2.75, 3.05) is 11.5 Å². The van der Waals surface area contributed by atoms with Crippen LogP contribution in [0.15, 0.2) is 0 Å². The molecular weight excluding hydrogens is 202 g/mol. The van der Waals surface area contributed by atoms with Crippen molar-refractivity contribution in [3.05, 3.63) is 5.82 Å². The SMILES string of the molecule is CCS(=O)CCn1nnnc1C(C)N. The molecule has 0 bridgehead atoms. The van der Waals surface area contributed by atoms with Gasteiger partial charge in [-0.3, -0.25) is 4.21 Å². The van der Waals surface area contributed by atoms with E-state index in [2.05, 4.69) is 15.5 Å². The van der Waals surface area contributed by atoms with E-state index in [1.807, 2.05) is 13.8 Å². The topological polar surface area (TPSA) is 86.7 Å². The van der Waals surface area contributed by atoms with Crippen molar-refractivity contribution in [2.45, 2.75) is 26.4 Å². The van der Waals surface area contributed by atoms with E-state index in [9.17, 15) is 4.21 Å². The molecule has 0 fully saturated rings. The molecule has 0 aliphatic carbocycles. The van der Waals surface area contributed by atoms with Gasteiger partial charge in [0.25, 0.3) is 0 Å². The van der Waals surface area contributed by atoms with Crippen molar-refractivity contribution in [1.82, 2.24) is 20.2 Å². The Labute approximate surface area is 85.3 Å². The number of nitrogens with zero attached hydrogens (tertiary/aromatic N) is 4. The molecule has 0 aliphatic rings. The lowest BCUT2D eigenvalue weighted by Gasteiger charge is -2.05. The third kappa shape index (κ3) is 2.85. The second kappa shape index (κ2) is 5.16. The third-order valence-electron chi connectivity index (χ3n) is 1.82. The largest absolute Gasteiger partial charge is 0.322 e. The Kier molecular flexibility index (Phi) is 4.15. The lowest BCUT2D eigenvalue weighted by molar-refractivity contribution is 0.570. The minimum atomic E-state index is -0.790. The van der Waals surface area contributed by atoms with Crippen LogP contribution in [0.5, 0.6) is 0 Å². The van der Waals surface area contributed by atoms with E-state index in [0.29, 0.717) is 23.9 Å². The van der Waals surface area contributed by atoms with E-state index in [0.717, 1.165) is 0 Å². The van der Waals surface area contributed by atoms with Crippen molar-refractivity contribution in [1.29, 1.82) is 0 Å². The van der Waals surface area contributed by atoms with Crippen LogP contribution in [0, 0.1) is 0 Å². The Hall–Kier alpha value is -0.820. The highest BCUT2D eigenvalue weighted by Gasteiger charge is 2.10. The van der Waals surface area contributed by atoms with Gasteiger partial charge in [-0.25, -0.2) is 4.68 Å². The average Bonchev–Trinajstić information content (AvgIpc) is 2.62. The first-order valence-corrected chi connectivity index (χ1v) is 6.00. The quantitative estimate of drug-likeness (QED) is 0.716. The van der Waals surface area contributed by atoms with Crippen molar-refractivity contribution >= 4 is 10.8 Å². The van der Waals surface area contributed by atoms with Crippen LogP contribution < -0.4 is 5.73 Å². The van der Waals surface area contributed by atoms with Gasteiger partial charge in [-0.15, -0.1) is 5.10 Å². The fourth-order valence-corrected chi connectivity index (χ4v) is 1.69. The van der Waals surface area contributed by atoms with Gasteiger partial charge in [0.1, 0.15) is 0 Å². The first kappa shape index (κ1) is 11.3. The first-order valence-electron chi connectivity index (χ1n) is 4.51. The lowest BCUT2D eigenvalue weighted by Crippen LogP contribution is -2.17. The molecule has 1 heterocycles. The van der Waals surface area contributed by atoms with Gasteiger partial charge in [-0.2, -0.15) is 0 Å². The number of aromatic nitrogens is 4. The molecule has 2 unspecified atom stereocenters. The summed E-state index contributed by atoms with van der Waals surface area (Å²) in [6.07, 6.45) is 0. The molecule has 0 spiro atoms. The molecule has 0 saturated heterocycles. The zero-order chi connectivity index (χ0) is 10.6. The Morgan fingerprint density at radius 1 is 1.64 bits per heavy atom. The number of hydrogen-bond acceptors (Lipinski definition) is 5. The Bertz CT molecular complexity index is 311. The molecule has 0 aromatic carbocycles. The average molecular weight is 217 g/mol. The first-order chi connectivity index (χ1) is 6.65. The zero-order valence-corrected chi connectivity index (χ0v) is 9.20. The van der Waals surface area contributed by atoms with Crippen LogP contribution >= 0.6 is 0 Å². The maximum absolute atomic E-state index is 11.2. The molecule has 6 nitrogen and oxygen atoms in total. The fraction of sp³-hybridized carbons (Fsp3) is 0.857. The maximum Gasteiger partial charge on any atom is 0.167 e. The summed E-state index contributed by atoms with van der Waals surface area (Å²) in [5, 5.41) is 11.1. The molecule has 7 heteroatoms. The van der Waals surface area contributed by atoms with Gasteiger partial charge < -0.3 is 5.73 Å². The van der Waals surface area contributed by atoms with Crippen molar-refractivity contribution < 1.29 is 4.21 Å². The number of hydrogen-bond donors (Lipinski definition) is 1.